The molecule has 0 saturated carbocycles. The van der Waals surface area contributed by atoms with E-state index in [0.717, 1.165) is 0 Å². The van der Waals surface area contributed by atoms with Gasteiger partial charge in [-0.25, -0.2) is 4.79 Å². The number of aromatic hydroxyl groups is 1. The first-order chi connectivity index (χ1) is 8.02. The monoisotopic (exact) mass is 240 g/mol. The van der Waals surface area contributed by atoms with Gasteiger partial charge in [0, 0.05) is 13.0 Å². The standard InChI is InChI=1S/C11H12O6/c1-7(12)16-6-11(14)17-8-3-4-10(15-2)9(13)5-8/h3-5,13H,6H2,1-2H3. The zero-order valence-corrected chi connectivity index (χ0v) is 9.43. The minimum Gasteiger partial charge on any atom is -0.504 e. The SMILES string of the molecule is COc1ccc(OC(=O)COC(C)=O)cc1O. The Bertz CT molecular complexity index is 426. The lowest BCUT2D eigenvalue weighted by atomic mass is 10.3. The zero-order valence-electron chi connectivity index (χ0n) is 9.43. The van der Waals surface area contributed by atoms with Crippen LogP contribution in [0.4, 0.5) is 0 Å². The number of hydrogen-bond donors (Lipinski definition) is 1. The van der Waals surface area contributed by atoms with Crippen LogP contribution >= 0.6 is 0 Å². The van der Waals surface area contributed by atoms with E-state index < -0.39 is 18.5 Å². The van der Waals surface area contributed by atoms with Gasteiger partial charge in [0.1, 0.15) is 5.75 Å². The van der Waals surface area contributed by atoms with E-state index >= 15 is 0 Å². The lowest BCUT2D eigenvalue weighted by molar-refractivity contribution is -0.152. The molecule has 17 heavy (non-hydrogen) atoms. The molecule has 0 aromatic heterocycles. The Balaban J connectivity index is 2.60. The van der Waals surface area contributed by atoms with Gasteiger partial charge in [-0.3, -0.25) is 4.79 Å². The van der Waals surface area contributed by atoms with E-state index in [1.807, 2.05) is 0 Å². The normalized spacial score (nSPS) is 9.53. The molecule has 0 bridgehead atoms. The minimum absolute atomic E-state index is 0.139. The number of methoxy groups -OCH3 is 1. The first kappa shape index (κ1) is 12.8. The fourth-order valence-corrected chi connectivity index (χ4v) is 1.05. The Labute approximate surface area is 97.7 Å². The summed E-state index contributed by atoms with van der Waals surface area (Å²) in [6.07, 6.45) is 0. The summed E-state index contributed by atoms with van der Waals surface area (Å²) < 4.78 is 14.1. The molecule has 0 fully saturated rings. The topological polar surface area (TPSA) is 82.1 Å². The number of hydrogen-bond acceptors (Lipinski definition) is 6. The number of phenolic OH excluding ortho intramolecular Hbond substituents is 1. The van der Waals surface area contributed by atoms with Gasteiger partial charge in [-0.1, -0.05) is 0 Å². The summed E-state index contributed by atoms with van der Waals surface area (Å²) in [7, 11) is 1.40. The molecular formula is C11H12O6. The summed E-state index contributed by atoms with van der Waals surface area (Å²) in [5.74, 6) is -1.04. The van der Waals surface area contributed by atoms with Crippen molar-refractivity contribution in [1.29, 1.82) is 0 Å². The second-order valence-corrected chi connectivity index (χ2v) is 3.09. The van der Waals surface area contributed by atoms with E-state index in [4.69, 9.17) is 9.47 Å². The Hall–Kier alpha value is -2.24. The molecule has 1 N–H and O–H groups in total. The predicted molar refractivity (Wildman–Crippen MR) is 56.9 cm³/mol. The van der Waals surface area contributed by atoms with Crippen LogP contribution in [0.15, 0.2) is 18.2 Å². The third-order valence-electron chi connectivity index (χ3n) is 1.78. The number of ether oxygens (including phenoxy) is 3. The highest BCUT2D eigenvalue weighted by molar-refractivity contribution is 5.77. The van der Waals surface area contributed by atoms with Crippen LogP contribution < -0.4 is 9.47 Å². The highest BCUT2D eigenvalue weighted by Gasteiger charge is 2.09. The maximum Gasteiger partial charge on any atom is 0.349 e. The van der Waals surface area contributed by atoms with Crippen LogP contribution in [-0.4, -0.2) is 30.8 Å². The quantitative estimate of drug-likeness (QED) is 0.621. The molecular weight excluding hydrogens is 228 g/mol. The summed E-state index contributed by atoms with van der Waals surface area (Å²) in [6, 6.07) is 4.12. The number of phenols is 1. The minimum atomic E-state index is -0.732. The first-order valence-electron chi connectivity index (χ1n) is 4.74. The lowest BCUT2D eigenvalue weighted by Gasteiger charge is -2.07. The second-order valence-electron chi connectivity index (χ2n) is 3.09. The molecule has 0 spiro atoms. The maximum atomic E-state index is 11.2. The van der Waals surface area contributed by atoms with Crippen LogP contribution in [0.3, 0.4) is 0 Å². The molecule has 0 aliphatic carbocycles. The fourth-order valence-electron chi connectivity index (χ4n) is 1.05. The van der Waals surface area contributed by atoms with E-state index in [2.05, 4.69) is 4.74 Å². The van der Waals surface area contributed by atoms with E-state index in [1.165, 1.54) is 32.2 Å². The summed E-state index contributed by atoms with van der Waals surface area (Å²) in [5, 5.41) is 9.42. The van der Waals surface area contributed by atoms with Crippen LogP contribution in [0.25, 0.3) is 0 Å². The van der Waals surface area contributed by atoms with Crippen molar-refractivity contribution in [1.82, 2.24) is 0 Å². The highest BCUT2D eigenvalue weighted by atomic mass is 16.6. The van der Waals surface area contributed by atoms with Crippen molar-refractivity contribution in [3.05, 3.63) is 18.2 Å². The van der Waals surface area contributed by atoms with Crippen molar-refractivity contribution in [2.75, 3.05) is 13.7 Å². The van der Waals surface area contributed by atoms with Crippen molar-refractivity contribution in [2.45, 2.75) is 6.92 Å². The van der Waals surface area contributed by atoms with Gasteiger partial charge in [0.15, 0.2) is 18.1 Å². The zero-order chi connectivity index (χ0) is 12.8. The molecule has 0 unspecified atom stereocenters. The van der Waals surface area contributed by atoms with E-state index in [0.29, 0.717) is 0 Å². The predicted octanol–water partition coefficient (Wildman–Crippen LogP) is 0.869. The largest absolute Gasteiger partial charge is 0.504 e. The Morgan fingerprint density at radius 3 is 2.59 bits per heavy atom. The molecule has 0 radical (unpaired) electrons. The van der Waals surface area contributed by atoms with Gasteiger partial charge in [0.05, 0.1) is 7.11 Å². The van der Waals surface area contributed by atoms with Crippen molar-refractivity contribution in [3.8, 4) is 17.2 Å². The fraction of sp³-hybridized carbons (Fsp3) is 0.273. The van der Waals surface area contributed by atoms with E-state index in [-0.39, 0.29) is 17.2 Å². The van der Waals surface area contributed by atoms with Crippen LogP contribution in [0.1, 0.15) is 6.92 Å². The molecule has 0 aliphatic rings. The first-order valence-corrected chi connectivity index (χ1v) is 4.74. The van der Waals surface area contributed by atoms with Gasteiger partial charge in [0.2, 0.25) is 0 Å². The van der Waals surface area contributed by atoms with Gasteiger partial charge < -0.3 is 19.3 Å². The van der Waals surface area contributed by atoms with Gasteiger partial charge >= 0.3 is 11.9 Å². The summed E-state index contributed by atoms with van der Waals surface area (Å²) in [6.45, 7) is 0.717. The van der Waals surface area contributed by atoms with E-state index in [1.54, 1.807) is 0 Å². The molecule has 6 heteroatoms. The summed E-state index contributed by atoms with van der Waals surface area (Å²) >= 11 is 0. The van der Waals surface area contributed by atoms with Crippen molar-refractivity contribution in [3.63, 3.8) is 0 Å². The van der Waals surface area contributed by atoms with Crippen molar-refractivity contribution < 1.29 is 28.9 Å². The molecule has 0 atom stereocenters. The third-order valence-corrected chi connectivity index (χ3v) is 1.78. The Kier molecular flexibility index (Phi) is 4.33. The van der Waals surface area contributed by atoms with Crippen LogP contribution in [0.2, 0.25) is 0 Å². The number of rotatable bonds is 4. The summed E-state index contributed by atoms with van der Waals surface area (Å²) in [5.41, 5.74) is 0. The van der Waals surface area contributed by atoms with Gasteiger partial charge in [-0.05, 0) is 12.1 Å². The van der Waals surface area contributed by atoms with E-state index in [9.17, 15) is 14.7 Å². The third kappa shape index (κ3) is 4.02. The van der Waals surface area contributed by atoms with Gasteiger partial charge in [-0.2, -0.15) is 0 Å². The maximum absolute atomic E-state index is 11.2. The molecule has 0 heterocycles. The molecule has 0 aliphatic heterocycles. The van der Waals surface area contributed by atoms with Crippen molar-refractivity contribution in [2.24, 2.45) is 0 Å². The summed E-state index contributed by atoms with van der Waals surface area (Å²) in [4.78, 5) is 21.6. The molecule has 1 rings (SSSR count). The average molecular weight is 240 g/mol. The molecule has 0 saturated heterocycles. The molecule has 1 aromatic rings. The Morgan fingerprint density at radius 2 is 2.06 bits per heavy atom. The number of carbonyl (C=O) groups is 2. The smallest absolute Gasteiger partial charge is 0.349 e. The second kappa shape index (κ2) is 5.74. The van der Waals surface area contributed by atoms with Gasteiger partial charge in [0.25, 0.3) is 0 Å². The highest BCUT2D eigenvalue weighted by Crippen LogP contribution is 2.29. The van der Waals surface area contributed by atoms with Crippen LogP contribution in [0.5, 0.6) is 17.2 Å². The molecule has 1 aromatic carbocycles. The van der Waals surface area contributed by atoms with Crippen LogP contribution in [0, 0.1) is 0 Å². The van der Waals surface area contributed by atoms with Gasteiger partial charge in [-0.15, -0.1) is 0 Å². The lowest BCUT2D eigenvalue weighted by Crippen LogP contribution is -2.17. The van der Waals surface area contributed by atoms with Crippen LogP contribution in [-0.2, 0) is 14.3 Å². The number of benzene rings is 1. The number of esters is 2. The van der Waals surface area contributed by atoms with Crippen molar-refractivity contribution >= 4 is 11.9 Å². The Morgan fingerprint density at radius 1 is 1.35 bits per heavy atom. The molecule has 92 valence electrons. The number of carbonyl (C=O) groups excluding carboxylic acids is 2. The molecule has 0 amide bonds. The average Bonchev–Trinajstić information content (AvgIpc) is 2.26. The molecule has 6 nitrogen and oxygen atoms in total.